The highest BCUT2D eigenvalue weighted by molar-refractivity contribution is 5.62. The number of methoxy groups -OCH3 is 1. The van der Waals surface area contributed by atoms with Gasteiger partial charge in [-0.1, -0.05) is 0 Å². The van der Waals surface area contributed by atoms with Crippen molar-refractivity contribution in [3.8, 4) is 23.0 Å². The summed E-state index contributed by atoms with van der Waals surface area (Å²) >= 11 is 0. The predicted octanol–water partition coefficient (Wildman–Crippen LogP) is 2.48. The van der Waals surface area contributed by atoms with E-state index in [1.807, 2.05) is 24.3 Å². The smallest absolute Gasteiger partial charge is 0.232 e. The number of hydrogen-bond acceptors (Lipinski definition) is 6. The van der Waals surface area contributed by atoms with E-state index in [4.69, 9.17) is 9.47 Å². The van der Waals surface area contributed by atoms with Gasteiger partial charge in [0.25, 0.3) is 0 Å². The molecule has 3 heterocycles. The van der Waals surface area contributed by atoms with Crippen molar-refractivity contribution in [1.82, 2.24) is 19.6 Å². The fourth-order valence-electron chi connectivity index (χ4n) is 3.10. The van der Waals surface area contributed by atoms with E-state index in [0.29, 0.717) is 11.8 Å². The lowest BCUT2D eigenvalue weighted by Crippen LogP contribution is -2.26. The number of aliphatic hydroxyl groups excluding tert-OH is 1. The zero-order valence-electron chi connectivity index (χ0n) is 14.0. The maximum absolute atomic E-state index is 9.61. The summed E-state index contributed by atoms with van der Waals surface area (Å²) in [6.45, 7) is 0. The molecule has 3 aromatic rings. The Morgan fingerprint density at radius 3 is 2.52 bits per heavy atom. The fraction of sp³-hybridized carbons (Fsp3) is 0.389. The van der Waals surface area contributed by atoms with Gasteiger partial charge in [0.05, 0.1) is 25.1 Å². The number of rotatable bonds is 4. The second-order valence-corrected chi connectivity index (χ2v) is 6.22. The minimum atomic E-state index is -0.196. The molecule has 25 heavy (non-hydrogen) atoms. The van der Waals surface area contributed by atoms with Gasteiger partial charge in [0.2, 0.25) is 11.8 Å². The van der Waals surface area contributed by atoms with Gasteiger partial charge in [0.1, 0.15) is 6.10 Å². The van der Waals surface area contributed by atoms with E-state index < -0.39 is 0 Å². The molecule has 1 aliphatic rings. The molecule has 4 rings (SSSR count). The zero-order chi connectivity index (χ0) is 17.2. The normalized spacial score (nSPS) is 20.6. The SMILES string of the molecule is COc1ccc(-c2cnc3ccc(OC4CCC(O)CC4)nn23)cn1. The Morgan fingerprint density at radius 2 is 1.80 bits per heavy atom. The summed E-state index contributed by atoms with van der Waals surface area (Å²) in [5.74, 6) is 1.13. The third-order valence-electron chi connectivity index (χ3n) is 4.51. The van der Waals surface area contributed by atoms with E-state index in [2.05, 4.69) is 15.1 Å². The third kappa shape index (κ3) is 3.28. The van der Waals surface area contributed by atoms with Crippen LogP contribution in [0.15, 0.2) is 36.7 Å². The van der Waals surface area contributed by atoms with Crippen molar-refractivity contribution in [3.05, 3.63) is 36.7 Å². The Kier molecular flexibility index (Phi) is 4.23. The maximum Gasteiger partial charge on any atom is 0.232 e. The van der Waals surface area contributed by atoms with Crippen molar-refractivity contribution in [2.75, 3.05) is 7.11 Å². The van der Waals surface area contributed by atoms with E-state index in [0.717, 1.165) is 42.6 Å². The van der Waals surface area contributed by atoms with Crippen LogP contribution in [0.1, 0.15) is 25.7 Å². The average molecular weight is 340 g/mol. The van der Waals surface area contributed by atoms with Crippen molar-refractivity contribution in [3.63, 3.8) is 0 Å². The first-order valence-corrected chi connectivity index (χ1v) is 8.43. The minimum Gasteiger partial charge on any atom is -0.481 e. The molecule has 0 aliphatic heterocycles. The number of pyridine rings is 1. The lowest BCUT2D eigenvalue weighted by atomic mass is 9.95. The van der Waals surface area contributed by atoms with Crippen LogP contribution in [0.25, 0.3) is 16.9 Å². The van der Waals surface area contributed by atoms with E-state index in [1.165, 1.54) is 0 Å². The number of aliphatic hydroxyl groups is 1. The first kappa shape index (κ1) is 15.8. The Balaban J connectivity index is 1.60. The monoisotopic (exact) mass is 340 g/mol. The molecule has 130 valence electrons. The highest BCUT2D eigenvalue weighted by Crippen LogP contribution is 2.25. The largest absolute Gasteiger partial charge is 0.481 e. The quantitative estimate of drug-likeness (QED) is 0.786. The van der Waals surface area contributed by atoms with Gasteiger partial charge < -0.3 is 14.6 Å². The Labute approximate surface area is 145 Å². The highest BCUT2D eigenvalue weighted by atomic mass is 16.5. The number of fused-ring (bicyclic) bond motifs is 1. The number of ether oxygens (including phenoxy) is 2. The van der Waals surface area contributed by atoms with E-state index in [1.54, 1.807) is 24.0 Å². The summed E-state index contributed by atoms with van der Waals surface area (Å²) in [4.78, 5) is 8.63. The molecule has 0 amide bonds. The van der Waals surface area contributed by atoms with Crippen LogP contribution in [0.2, 0.25) is 0 Å². The van der Waals surface area contributed by atoms with Gasteiger partial charge in [-0.15, -0.1) is 5.10 Å². The predicted molar refractivity (Wildman–Crippen MR) is 91.7 cm³/mol. The second-order valence-electron chi connectivity index (χ2n) is 6.22. The molecule has 0 spiro atoms. The number of nitrogens with zero attached hydrogens (tertiary/aromatic N) is 4. The summed E-state index contributed by atoms with van der Waals surface area (Å²) in [5.41, 5.74) is 2.49. The van der Waals surface area contributed by atoms with Crippen LogP contribution >= 0.6 is 0 Å². The molecular weight excluding hydrogens is 320 g/mol. The van der Waals surface area contributed by atoms with Gasteiger partial charge in [-0.2, -0.15) is 0 Å². The number of aromatic nitrogens is 4. The summed E-state index contributed by atoms with van der Waals surface area (Å²) in [5, 5.41) is 14.2. The zero-order valence-corrected chi connectivity index (χ0v) is 14.0. The third-order valence-corrected chi connectivity index (χ3v) is 4.51. The van der Waals surface area contributed by atoms with Crippen LogP contribution in [-0.2, 0) is 0 Å². The fourth-order valence-corrected chi connectivity index (χ4v) is 3.10. The Hall–Kier alpha value is -2.67. The summed E-state index contributed by atoms with van der Waals surface area (Å²) < 4.78 is 12.9. The van der Waals surface area contributed by atoms with Crippen LogP contribution in [-0.4, -0.2) is 44.0 Å². The molecule has 3 aromatic heterocycles. The molecule has 7 heteroatoms. The lowest BCUT2D eigenvalue weighted by molar-refractivity contribution is 0.0637. The minimum absolute atomic E-state index is 0.1000. The maximum atomic E-state index is 9.61. The van der Waals surface area contributed by atoms with E-state index >= 15 is 0 Å². The van der Waals surface area contributed by atoms with Gasteiger partial charge in [-0.05, 0) is 37.8 Å². The molecule has 0 radical (unpaired) electrons. The van der Waals surface area contributed by atoms with Gasteiger partial charge in [0, 0.05) is 23.9 Å². The van der Waals surface area contributed by atoms with Crippen LogP contribution in [0.4, 0.5) is 0 Å². The van der Waals surface area contributed by atoms with Crippen LogP contribution in [0.5, 0.6) is 11.8 Å². The molecule has 0 bridgehead atoms. The van der Waals surface area contributed by atoms with Crippen molar-refractivity contribution >= 4 is 5.65 Å². The summed E-state index contributed by atoms with van der Waals surface area (Å²) in [6.07, 6.45) is 6.66. The topological polar surface area (TPSA) is 81.8 Å². The Morgan fingerprint density at radius 1 is 1.00 bits per heavy atom. The molecule has 0 aromatic carbocycles. The van der Waals surface area contributed by atoms with Crippen molar-refractivity contribution in [1.29, 1.82) is 0 Å². The van der Waals surface area contributed by atoms with Gasteiger partial charge in [-0.25, -0.2) is 14.5 Å². The molecule has 1 N–H and O–H groups in total. The van der Waals surface area contributed by atoms with Gasteiger partial charge in [-0.3, -0.25) is 0 Å². The van der Waals surface area contributed by atoms with Crippen LogP contribution in [0, 0.1) is 0 Å². The van der Waals surface area contributed by atoms with Crippen LogP contribution in [0.3, 0.4) is 0 Å². The van der Waals surface area contributed by atoms with Gasteiger partial charge >= 0.3 is 0 Å². The molecule has 0 saturated heterocycles. The molecular formula is C18H20N4O3. The van der Waals surface area contributed by atoms with E-state index in [-0.39, 0.29) is 12.2 Å². The first-order chi connectivity index (χ1) is 12.2. The lowest BCUT2D eigenvalue weighted by Gasteiger charge is -2.25. The molecule has 1 saturated carbocycles. The van der Waals surface area contributed by atoms with Crippen molar-refractivity contribution < 1.29 is 14.6 Å². The molecule has 1 fully saturated rings. The summed E-state index contributed by atoms with van der Waals surface area (Å²) in [6, 6.07) is 7.46. The molecule has 1 aliphatic carbocycles. The van der Waals surface area contributed by atoms with Gasteiger partial charge in [0.15, 0.2) is 5.65 Å². The van der Waals surface area contributed by atoms with Crippen molar-refractivity contribution in [2.24, 2.45) is 0 Å². The molecule has 0 atom stereocenters. The van der Waals surface area contributed by atoms with Crippen LogP contribution < -0.4 is 9.47 Å². The summed E-state index contributed by atoms with van der Waals surface area (Å²) in [7, 11) is 1.59. The highest BCUT2D eigenvalue weighted by Gasteiger charge is 2.21. The molecule has 7 nitrogen and oxygen atoms in total. The first-order valence-electron chi connectivity index (χ1n) is 8.43. The average Bonchev–Trinajstić information content (AvgIpc) is 3.07. The standard InChI is InChI=1S/C18H20N4O3/c1-24-17-8-2-12(10-20-17)15-11-19-16-7-9-18(21-22(15)16)25-14-5-3-13(23)4-6-14/h2,7-11,13-14,23H,3-6H2,1H3. The second kappa shape index (κ2) is 6.68. The van der Waals surface area contributed by atoms with E-state index in [9.17, 15) is 5.11 Å². The Bertz CT molecular complexity index is 854. The van der Waals surface area contributed by atoms with Crippen molar-refractivity contribution in [2.45, 2.75) is 37.9 Å². The number of imidazole rings is 1. The molecule has 0 unspecified atom stereocenters. The number of hydrogen-bond donors (Lipinski definition) is 1.